The van der Waals surface area contributed by atoms with Crippen molar-refractivity contribution in [3.63, 3.8) is 0 Å². The predicted molar refractivity (Wildman–Crippen MR) is 134 cm³/mol. The Bertz CT molecular complexity index is 555. The molecule has 0 aliphatic heterocycles. The third kappa shape index (κ3) is 10.6. The number of hydrogen-bond acceptors (Lipinski definition) is 3. The molecule has 0 aliphatic rings. The highest BCUT2D eigenvalue weighted by Gasteiger charge is 2.19. The molecule has 0 fully saturated rings. The Morgan fingerprint density at radius 1 is 0.625 bits per heavy atom. The minimum absolute atomic E-state index is 0.0149. The van der Waals surface area contributed by atoms with Gasteiger partial charge in [-0.1, -0.05) is 79.1 Å². The van der Waals surface area contributed by atoms with E-state index in [1.807, 2.05) is 9.80 Å². The molecule has 0 N–H and O–H groups in total. The van der Waals surface area contributed by atoms with Crippen molar-refractivity contribution in [1.29, 1.82) is 0 Å². The quantitative estimate of drug-likeness (QED) is 0.235. The molecule has 0 aliphatic carbocycles. The van der Waals surface area contributed by atoms with Gasteiger partial charge in [-0.3, -0.25) is 14.6 Å². The second-order valence-corrected chi connectivity index (χ2v) is 8.84. The van der Waals surface area contributed by atoms with Crippen LogP contribution < -0.4 is 0 Å². The van der Waals surface area contributed by atoms with Gasteiger partial charge < -0.3 is 9.80 Å². The first-order valence-corrected chi connectivity index (χ1v) is 13.1. The van der Waals surface area contributed by atoms with Crippen molar-refractivity contribution >= 4 is 11.8 Å². The highest BCUT2D eigenvalue weighted by atomic mass is 16.2. The minimum atomic E-state index is -0.0149. The molecule has 0 saturated heterocycles. The van der Waals surface area contributed by atoms with Gasteiger partial charge in [-0.15, -0.1) is 0 Å². The normalized spacial score (nSPS) is 10.9. The number of carbonyl (C=O) groups is 2. The fourth-order valence-electron chi connectivity index (χ4n) is 3.83. The van der Waals surface area contributed by atoms with Crippen LogP contribution in [0.3, 0.4) is 0 Å². The van der Waals surface area contributed by atoms with Crippen LogP contribution in [0, 0.1) is 0 Å². The molecule has 32 heavy (non-hydrogen) atoms. The number of nitrogens with zero attached hydrogens (tertiary/aromatic N) is 3. The number of unbranched alkanes of at least 4 members (excludes halogenated alkanes) is 8. The summed E-state index contributed by atoms with van der Waals surface area (Å²) in [5.41, 5.74) is 1.02. The fourth-order valence-corrected chi connectivity index (χ4v) is 3.83. The van der Waals surface area contributed by atoms with E-state index in [0.29, 0.717) is 11.3 Å². The van der Waals surface area contributed by atoms with Gasteiger partial charge in [0.25, 0.3) is 11.8 Å². The SMILES string of the molecule is CCCCCN(CCCCC)C(=O)c1ccc(C(=O)N(CCCCC)CCCCC)nc1. The number of amides is 2. The number of rotatable bonds is 18. The first kappa shape index (κ1) is 28.1. The van der Waals surface area contributed by atoms with E-state index in [0.717, 1.165) is 103 Å². The van der Waals surface area contributed by atoms with E-state index >= 15 is 0 Å². The number of pyridine rings is 1. The molecule has 1 rings (SSSR count). The van der Waals surface area contributed by atoms with Crippen molar-refractivity contribution in [2.75, 3.05) is 26.2 Å². The van der Waals surface area contributed by atoms with Crippen LogP contribution in [0.15, 0.2) is 18.3 Å². The molecule has 1 aromatic heterocycles. The third-order valence-corrected chi connectivity index (χ3v) is 5.93. The van der Waals surface area contributed by atoms with Crippen LogP contribution in [0.4, 0.5) is 0 Å². The largest absolute Gasteiger partial charge is 0.339 e. The molecular formula is C27H47N3O2. The molecule has 0 spiro atoms. The summed E-state index contributed by atoms with van der Waals surface area (Å²) in [6.45, 7) is 11.8. The van der Waals surface area contributed by atoms with E-state index in [1.54, 1.807) is 18.3 Å². The van der Waals surface area contributed by atoms with Crippen molar-refractivity contribution in [1.82, 2.24) is 14.8 Å². The van der Waals surface area contributed by atoms with Gasteiger partial charge in [0.05, 0.1) is 5.56 Å². The summed E-state index contributed by atoms with van der Waals surface area (Å²) >= 11 is 0. The van der Waals surface area contributed by atoms with Crippen LogP contribution in [-0.2, 0) is 0 Å². The molecule has 2 amide bonds. The highest BCUT2D eigenvalue weighted by Crippen LogP contribution is 2.12. The predicted octanol–water partition coefficient (Wildman–Crippen LogP) is 6.73. The second-order valence-electron chi connectivity index (χ2n) is 8.84. The van der Waals surface area contributed by atoms with E-state index in [4.69, 9.17) is 0 Å². The van der Waals surface area contributed by atoms with Crippen molar-refractivity contribution in [3.8, 4) is 0 Å². The van der Waals surface area contributed by atoms with Gasteiger partial charge in [0.2, 0.25) is 0 Å². The summed E-state index contributed by atoms with van der Waals surface area (Å²) in [4.78, 5) is 34.5. The zero-order valence-corrected chi connectivity index (χ0v) is 21.2. The van der Waals surface area contributed by atoms with E-state index in [1.165, 1.54) is 0 Å². The maximum absolute atomic E-state index is 13.1. The number of hydrogen-bond donors (Lipinski definition) is 0. The van der Waals surface area contributed by atoms with Crippen molar-refractivity contribution in [3.05, 3.63) is 29.6 Å². The van der Waals surface area contributed by atoms with E-state index in [2.05, 4.69) is 32.7 Å². The second kappa shape index (κ2) is 17.6. The first-order valence-electron chi connectivity index (χ1n) is 13.1. The smallest absolute Gasteiger partial charge is 0.272 e. The molecule has 1 aromatic rings. The minimum Gasteiger partial charge on any atom is -0.339 e. The summed E-state index contributed by atoms with van der Waals surface area (Å²) in [6, 6.07) is 3.52. The summed E-state index contributed by atoms with van der Waals surface area (Å²) in [5, 5.41) is 0. The molecule has 0 aromatic carbocycles. The van der Waals surface area contributed by atoms with Gasteiger partial charge in [-0.25, -0.2) is 0 Å². The molecule has 5 nitrogen and oxygen atoms in total. The van der Waals surface area contributed by atoms with Crippen LogP contribution >= 0.6 is 0 Å². The lowest BCUT2D eigenvalue weighted by molar-refractivity contribution is 0.0732. The lowest BCUT2D eigenvalue weighted by Crippen LogP contribution is -2.34. The van der Waals surface area contributed by atoms with E-state index in [-0.39, 0.29) is 11.8 Å². The average molecular weight is 446 g/mol. The fraction of sp³-hybridized carbons (Fsp3) is 0.741. The molecule has 0 bridgehead atoms. The van der Waals surface area contributed by atoms with Crippen LogP contribution in [0.25, 0.3) is 0 Å². The molecule has 5 heteroatoms. The number of carbonyl (C=O) groups excluding carboxylic acids is 2. The summed E-state index contributed by atoms with van der Waals surface area (Å²) in [6.07, 6.45) is 14.8. The summed E-state index contributed by atoms with van der Waals surface area (Å²) < 4.78 is 0. The zero-order chi connectivity index (χ0) is 23.6. The van der Waals surface area contributed by atoms with Crippen LogP contribution in [0.2, 0.25) is 0 Å². The van der Waals surface area contributed by atoms with Crippen LogP contribution in [0.5, 0.6) is 0 Å². The monoisotopic (exact) mass is 445 g/mol. The van der Waals surface area contributed by atoms with Gasteiger partial charge in [0, 0.05) is 32.4 Å². The maximum Gasteiger partial charge on any atom is 0.272 e. The first-order chi connectivity index (χ1) is 15.6. The molecule has 0 saturated carbocycles. The van der Waals surface area contributed by atoms with Gasteiger partial charge in [0.15, 0.2) is 0 Å². The lowest BCUT2D eigenvalue weighted by atomic mass is 10.1. The van der Waals surface area contributed by atoms with E-state index in [9.17, 15) is 9.59 Å². The number of aromatic nitrogens is 1. The van der Waals surface area contributed by atoms with Crippen molar-refractivity contribution in [2.24, 2.45) is 0 Å². The van der Waals surface area contributed by atoms with Gasteiger partial charge in [-0.2, -0.15) is 0 Å². The molecule has 0 unspecified atom stereocenters. The molecule has 182 valence electrons. The van der Waals surface area contributed by atoms with E-state index < -0.39 is 0 Å². The van der Waals surface area contributed by atoms with Gasteiger partial charge in [-0.05, 0) is 37.8 Å². The summed E-state index contributed by atoms with van der Waals surface area (Å²) in [5.74, 6) is 0.0189. The van der Waals surface area contributed by atoms with Crippen LogP contribution in [-0.4, -0.2) is 52.8 Å². The Balaban J connectivity index is 2.83. The van der Waals surface area contributed by atoms with Gasteiger partial charge in [0.1, 0.15) is 5.69 Å². The lowest BCUT2D eigenvalue weighted by Gasteiger charge is -2.24. The van der Waals surface area contributed by atoms with Crippen molar-refractivity contribution in [2.45, 2.75) is 105 Å². The molecule has 0 atom stereocenters. The molecule has 1 heterocycles. The molecule has 0 radical (unpaired) electrons. The topological polar surface area (TPSA) is 53.5 Å². The Morgan fingerprint density at radius 2 is 1.03 bits per heavy atom. The molecular weight excluding hydrogens is 398 g/mol. The Kier molecular flexibility index (Phi) is 15.5. The Hall–Kier alpha value is -1.91. The van der Waals surface area contributed by atoms with Crippen LogP contribution in [0.1, 0.15) is 126 Å². The van der Waals surface area contributed by atoms with Crippen molar-refractivity contribution < 1.29 is 9.59 Å². The Morgan fingerprint density at radius 3 is 1.38 bits per heavy atom. The Labute approximate surface area is 197 Å². The average Bonchev–Trinajstić information content (AvgIpc) is 2.82. The zero-order valence-electron chi connectivity index (χ0n) is 21.2. The maximum atomic E-state index is 13.1. The third-order valence-electron chi connectivity index (χ3n) is 5.93. The summed E-state index contributed by atoms with van der Waals surface area (Å²) in [7, 11) is 0. The van der Waals surface area contributed by atoms with Gasteiger partial charge >= 0.3 is 0 Å². The standard InChI is InChI=1S/C27H47N3O2/c1-5-9-13-19-29(20-14-10-6-2)26(31)24-17-18-25(28-23-24)27(32)30(21-15-11-7-3)22-16-12-8-4/h17-18,23H,5-16,19-22H2,1-4H3. The highest BCUT2D eigenvalue weighted by molar-refractivity contribution is 5.96.